The van der Waals surface area contributed by atoms with Crippen molar-refractivity contribution in [1.82, 2.24) is 5.43 Å². The van der Waals surface area contributed by atoms with Crippen LogP contribution in [0.15, 0.2) is 52.0 Å². The van der Waals surface area contributed by atoms with Gasteiger partial charge in [-0.15, -0.1) is 0 Å². The van der Waals surface area contributed by atoms with Crippen LogP contribution in [0.5, 0.6) is 17.2 Å². The lowest BCUT2D eigenvalue weighted by Crippen LogP contribution is -2.33. The number of hydrogen-bond donors (Lipinski definition) is 1. The van der Waals surface area contributed by atoms with E-state index in [4.69, 9.17) is 14.2 Å². The number of hydrogen-bond acceptors (Lipinski definition) is 6. The Kier molecular flexibility index (Phi) is 7.36. The van der Waals surface area contributed by atoms with Gasteiger partial charge in [-0.05, 0) is 53.2 Å². The lowest BCUT2D eigenvalue weighted by atomic mass is 10.2. The van der Waals surface area contributed by atoms with E-state index < -0.39 is 18.0 Å². The second kappa shape index (κ2) is 9.72. The van der Waals surface area contributed by atoms with Gasteiger partial charge in [0.15, 0.2) is 6.10 Å². The number of nitrogens with zero attached hydrogens (tertiary/aromatic N) is 1. The van der Waals surface area contributed by atoms with Crippen molar-refractivity contribution >= 4 is 34.0 Å². The van der Waals surface area contributed by atoms with Crippen LogP contribution < -0.4 is 19.6 Å². The first-order valence-electron chi connectivity index (χ1n) is 8.01. The molecule has 0 saturated heterocycles. The normalized spacial score (nSPS) is 11.7. The van der Waals surface area contributed by atoms with Gasteiger partial charge in [-0.2, -0.15) is 5.10 Å². The number of methoxy groups -OCH3 is 1. The van der Waals surface area contributed by atoms with Gasteiger partial charge in [0.05, 0.1) is 17.8 Å². The third-order valence-electron chi connectivity index (χ3n) is 3.36. The number of rotatable bonds is 7. The molecular weight excluding hydrogens is 416 g/mol. The minimum absolute atomic E-state index is 0.304. The molecule has 7 nitrogen and oxygen atoms in total. The van der Waals surface area contributed by atoms with Crippen molar-refractivity contribution in [2.75, 3.05) is 7.11 Å². The van der Waals surface area contributed by atoms with E-state index in [1.165, 1.54) is 20.2 Å². The summed E-state index contributed by atoms with van der Waals surface area (Å²) in [6.45, 7) is 2.91. The van der Waals surface area contributed by atoms with Gasteiger partial charge in [0.25, 0.3) is 5.91 Å². The molecule has 0 saturated carbocycles. The Morgan fingerprint density at radius 3 is 2.59 bits per heavy atom. The molecule has 8 heteroatoms. The van der Waals surface area contributed by atoms with E-state index in [1.54, 1.807) is 31.2 Å². The van der Waals surface area contributed by atoms with E-state index in [0.29, 0.717) is 22.8 Å². The summed E-state index contributed by atoms with van der Waals surface area (Å²) < 4.78 is 16.6. The third-order valence-corrected chi connectivity index (χ3v) is 4.01. The third kappa shape index (κ3) is 6.10. The summed E-state index contributed by atoms with van der Waals surface area (Å²) in [5.41, 5.74) is 2.87. The minimum atomic E-state index is -0.765. The molecule has 0 radical (unpaired) electrons. The van der Waals surface area contributed by atoms with Crippen molar-refractivity contribution in [2.24, 2.45) is 5.10 Å². The summed E-state index contributed by atoms with van der Waals surface area (Å²) in [6.07, 6.45) is 0.600. The Balaban J connectivity index is 2.04. The Bertz CT molecular complexity index is 854. The summed E-state index contributed by atoms with van der Waals surface area (Å²) in [5.74, 6) is 0.519. The van der Waals surface area contributed by atoms with Gasteiger partial charge in [-0.25, -0.2) is 5.43 Å². The van der Waals surface area contributed by atoms with E-state index in [9.17, 15) is 9.59 Å². The Morgan fingerprint density at radius 1 is 1.19 bits per heavy atom. The van der Waals surface area contributed by atoms with Crippen LogP contribution in [0.2, 0.25) is 0 Å². The maximum Gasteiger partial charge on any atom is 0.308 e. The molecule has 2 aromatic rings. The second-order valence-corrected chi connectivity index (χ2v) is 6.28. The highest BCUT2D eigenvalue weighted by Crippen LogP contribution is 2.25. The van der Waals surface area contributed by atoms with E-state index in [2.05, 4.69) is 26.5 Å². The van der Waals surface area contributed by atoms with E-state index in [0.717, 1.165) is 4.47 Å². The quantitative estimate of drug-likeness (QED) is 0.312. The maximum absolute atomic E-state index is 12.2. The van der Waals surface area contributed by atoms with E-state index >= 15 is 0 Å². The van der Waals surface area contributed by atoms with Crippen LogP contribution in [0.1, 0.15) is 19.4 Å². The molecule has 1 atom stereocenters. The van der Waals surface area contributed by atoms with Crippen molar-refractivity contribution in [1.29, 1.82) is 0 Å². The largest absolute Gasteiger partial charge is 0.497 e. The van der Waals surface area contributed by atoms with E-state index in [-0.39, 0.29) is 0 Å². The molecule has 0 heterocycles. The summed E-state index contributed by atoms with van der Waals surface area (Å²) in [4.78, 5) is 23.4. The van der Waals surface area contributed by atoms with Crippen molar-refractivity contribution in [3.8, 4) is 17.2 Å². The Hall–Kier alpha value is -2.87. The number of nitrogens with one attached hydrogen (secondary N) is 1. The van der Waals surface area contributed by atoms with Crippen molar-refractivity contribution in [2.45, 2.75) is 20.0 Å². The van der Waals surface area contributed by atoms with Crippen LogP contribution in [0, 0.1) is 0 Å². The van der Waals surface area contributed by atoms with Crippen LogP contribution in [-0.4, -0.2) is 31.3 Å². The predicted octanol–water partition coefficient (Wildman–Crippen LogP) is 3.30. The molecule has 142 valence electrons. The maximum atomic E-state index is 12.2. The zero-order chi connectivity index (χ0) is 19.8. The fraction of sp³-hybridized carbons (Fsp3) is 0.211. The fourth-order valence-corrected chi connectivity index (χ4v) is 2.42. The number of carbonyl (C=O) groups excluding carboxylic acids is 2. The summed E-state index contributed by atoms with van der Waals surface area (Å²) in [6, 6.07) is 12.1. The first-order chi connectivity index (χ1) is 12.9. The predicted molar refractivity (Wildman–Crippen MR) is 104 cm³/mol. The molecule has 0 spiro atoms. The topological polar surface area (TPSA) is 86.2 Å². The van der Waals surface area contributed by atoms with Crippen LogP contribution in [-0.2, 0) is 9.59 Å². The number of esters is 1. The molecule has 0 aliphatic heterocycles. The minimum Gasteiger partial charge on any atom is -0.497 e. The first kappa shape index (κ1) is 20.4. The number of ether oxygens (including phenoxy) is 3. The highest BCUT2D eigenvalue weighted by Gasteiger charge is 2.15. The first-order valence-corrected chi connectivity index (χ1v) is 8.80. The molecule has 0 bridgehead atoms. The number of amides is 1. The van der Waals surface area contributed by atoms with Gasteiger partial charge in [0.2, 0.25) is 0 Å². The summed E-state index contributed by atoms with van der Waals surface area (Å²) in [7, 11) is 1.52. The van der Waals surface area contributed by atoms with E-state index in [1.807, 2.05) is 18.2 Å². The molecular formula is C19H19BrN2O5. The van der Waals surface area contributed by atoms with Crippen molar-refractivity contribution in [3.05, 3.63) is 52.5 Å². The number of halogens is 1. The van der Waals surface area contributed by atoms with Gasteiger partial charge in [0, 0.05) is 12.5 Å². The van der Waals surface area contributed by atoms with Crippen LogP contribution in [0.25, 0.3) is 0 Å². The smallest absolute Gasteiger partial charge is 0.308 e. The highest BCUT2D eigenvalue weighted by atomic mass is 79.9. The zero-order valence-corrected chi connectivity index (χ0v) is 16.6. The van der Waals surface area contributed by atoms with Gasteiger partial charge in [-0.1, -0.05) is 12.1 Å². The van der Waals surface area contributed by atoms with Crippen molar-refractivity contribution < 1.29 is 23.8 Å². The van der Waals surface area contributed by atoms with Gasteiger partial charge in [0.1, 0.15) is 17.2 Å². The number of para-hydroxylation sites is 1. The summed E-state index contributed by atoms with van der Waals surface area (Å²) >= 11 is 3.36. The highest BCUT2D eigenvalue weighted by molar-refractivity contribution is 9.10. The lowest BCUT2D eigenvalue weighted by Gasteiger charge is -2.14. The molecule has 0 aliphatic carbocycles. The Morgan fingerprint density at radius 2 is 1.93 bits per heavy atom. The molecule has 2 rings (SSSR count). The molecule has 1 N–H and O–H groups in total. The fourth-order valence-electron chi connectivity index (χ4n) is 2.04. The van der Waals surface area contributed by atoms with Gasteiger partial charge in [-0.3, -0.25) is 9.59 Å². The monoisotopic (exact) mass is 434 g/mol. The molecule has 27 heavy (non-hydrogen) atoms. The summed E-state index contributed by atoms with van der Waals surface area (Å²) in [5, 5.41) is 3.91. The van der Waals surface area contributed by atoms with Crippen LogP contribution >= 0.6 is 15.9 Å². The number of hydrazone groups is 1. The lowest BCUT2D eigenvalue weighted by molar-refractivity contribution is -0.132. The van der Waals surface area contributed by atoms with Crippen LogP contribution in [0.3, 0.4) is 0 Å². The second-order valence-electron chi connectivity index (χ2n) is 5.42. The SMILES string of the molecule is COc1ccc(OC(C)=O)c(C=NNC(=O)[C@@H](C)Oc2ccccc2Br)c1. The van der Waals surface area contributed by atoms with Gasteiger partial charge < -0.3 is 14.2 Å². The number of benzene rings is 2. The molecule has 2 aromatic carbocycles. The standard InChI is InChI=1S/C19H19BrN2O5/c1-12(26-18-7-5-4-6-16(18)20)19(24)22-21-11-14-10-15(25-3)8-9-17(14)27-13(2)23/h4-12H,1-3H3,(H,22,24)/t12-/m1/s1. The molecule has 0 fully saturated rings. The average molecular weight is 435 g/mol. The molecule has 0 unspecified atom stereocenters. The van der Waals surface area contributed by atoms with Crippen molar-refractivity contribution in [3.63, 3.8) is 0 Å². The zero-order valence-electron chi connectivity index (χ0n) is 15.1. The van der Waals surface area contributed by atoms with Gasteiger partial charge >= 0.3 is 5.97 Å². The average Bonchev–Trinajstić information content (AvgIpc) is 2.64. The number of carbonyl (C=O) groups is 2. The molecule has 0 aromatic heterocycles. The molecule has 1 amide bonds. The van der Waals surface area contributed by atoms with Crippen LogP contribution in [0.4, 0.5) is 0 Å². The molecule has 0 aliphatic rings. The Labute approximate surface area is 165 Å².